The molecule has 1 aromatic heterocycles. The van der Waals surface area contributed by atoms with Gasteiger partial charge in [0.1, 0.15) is 5.75 Å². The van der Waals surface area contributed by atoms with Crippen molar-refractivity contribution in [1.29, 1.82) is 0 Å². The number of rotatable bonds is 3. The number of carbonyl (C=O) groups excluding carboxylic acids is 1. The summed E-state index contributed by atoms with van der Waals surface area (Å²) >= 11 is 5.58. The van der Waals surface area contributed by atoms with Crippen LogP contribution in [0.15, 0.2) is 36.4 Å². The number of hydrogen-bond donors (Lipinski definition) is 2. The molecule has 18 heavy (non-hydrogen) atoms. The maximum absolute atomic E-state index is 11.7. The summed E-state index contributed by atoms with van der Waals surface area (Å²) in [5.41, 5.74) is 0.553. The predicted octanol–water partition coefficient (Wildman–Crippen LogP) is 2.02. The van der Waals surface area contributed by atoms with Crippen molar-refractivity contribution < 1.29 is 9.90 Å². The van der Waals surface area contributed by atoms with Gasteiger partial charge in [-0.05, 0) is 18.2 Å². The van der Waals surface area contributed by atoms with Gasteiger partial charge in [-0.15, -0.1) is 10.2 Å². The predicted molar refractivity (Wildman–Crippen MR) is 67.5 cm³/mol. The molecule has 0 saturated carbocycles. The van der Waals surface area contributed by atoms with Gasteiger partial charge in [-0.1, -0.05) is 29.8 Å². The number of anilines is 1. The number of phenolic OH excluding ortho intramolecular Hbond substituents is 1. The minimum Gasteiger partial charge on any atom is -0.508 e. The first-order chi connectivity index (χ1) is 8.65. The summed E-state index contributed by atoms with van der Waals surface area (Å²) < 4.78 is 0. The third-order valence-electron chi connectivity index (χ3n) is 2.24. The normalized spacial score (nSPS) is 10.1. The van der Waals surface area contributed by atoms with Gasteiger partial charge in [0, 0.05) is 5.56 Å². The highest BCUT2D eigenvalue weighted by molar-refractivity contribution is 6.29. The van der Waals surface area contributed by atoms with Crippen molar-refractivity contribution in [2.24, 2.45) is 0 Å². The Balaban J connectivity index is 2.01. The number of nitrogens with zero attached hydrogens (tertiary/aromatic N) is 2. The zero-order chi connectivity index (χ0) is 13.0. The molecule has 1 amide bonds. The van der Waals surface area contributed by atoms with E-state index in [-0.39, 0.29) is 23.2 Å². The first-order valence-electron chi connectivity index (χ1n) is 5.21. The lowest BCUT2D eigenvalue weighted by Crippen LogP contribution is -2.15. The van der Waals surface area contributed by atoms with Crippen LogP contribution in [0.1, 0.15) is 5.56 Å². The second-order valence-corrected chi connectivity index (χ2v) is 3.98. The van der Waals surface area contributed by atoms with Crippen LogP contribution in [-0.2, 0) is 11.2 Å². The van der Waals surface area contributed by atoms with Crippen molar-refractivity contribution in [1.82, 2.24) is 10.2 Å². The molecule has 0 aliphatic rings. The summed E-state index contributed by atoms with van der Waals surface area (Å²) in [5, 5.41) is 19.7. The fourth-order valence-corrected chi connectivity index (χ4v) is 1.50. The summed E-state index contributed by atoms with van der Waals surface area (Å²) in [6, 6.07) is 9.75. The van der Waals surface area contributed by atoms with E-state index in [0.717, 1.165) is 0 Å². The number of amides is 1. The smallest absolute Gasteiger partial charge is 0.230 e. The van der Waals surface area contributed by atoms with Crippen molar-refractivity contribution >= 4 is 23.3 Å². The summed E-state index contributed by atoms with van der Waals surface area (Å²) in [6.07, 6.45) is 0.0664. The molecule has 1 aromatic carbocycles. The van der Waals surface area contributed by atoms with Crippen LogP contribution in [0.5, 0.6) is 5.75 Å². The zero-order valence-corrected chi connectivity index (χ0v) is 10.1. The number of hydrogen-bond acceptors (Lipinski definition) is 4. The van der Waals surface area contributed by atoms with Crippen molar-refractivity contribution in [2.75, 3.05) is 5.32 Å². The van der Waals surface area contributed by atoms with E-state index in [1.54, 1.807) is 24.3 Å². The Labute approximate surface area is 108 Å². The number of benzene rings is 1. The molecule has 1 heterocycles. The van der Waals surface area contributed by atoms with Crippen molar-refractivity contribution in [3.05, 3.63) is 47.1 Å². The SMILES string of the molecule is O=C(Cc1ccccc1O)Nc1ccc(Cl)nn1. The molecule has 0 unspecified atom stereocenters. The molecule has 0 spiro atoms. The maximum atomic E-state index is 11.7. The second-order valence-electron chi connectivity index (χ2n) is 3.59. The van der Waals surface area contributed by atoms with Gasteiger partial charge in [0.2, 0.25) is 5.91 Å². The molecule has 0 aliphatic heterocycles. The molecule has 92 valence electrons. The van der Waals surface area contributed by atoms with Crippen LogP contribution in [-0.4, -0.2) is 21.2 Å². The van der Waals surface area contributed by atoms with Crippen molar-refractivity contribution in [3.63, 3.8) is 0 Å². The summed E-state index contributed by atoms with van der Waals surface area (Å²) in [5.74, 6) is 0.128. The number of aromatic nitrogens is 2. The van der Waals surface area contributed by atoms with E-state index in [2.05, 4.69) is 15.5 Å². The first kappa shape index (κ1) is 12.3. The van der Waals surface area contributed by atoms with Crippen molar-refractivity contribution in [3.8, 4) is 5.75 Å². The van der Waals surface area contributed by atoms with E-state index >= 15 is 0 Å². The van der Waals surface area contributed by atoms with Crippen LogP contribution in [0, 0.1) is 0 Å². The lowest BCUT2D eigenvalue weighted by atomic mass is 10.1. The van der Waals surface area contributed by atoms with Crippen LogP contribution >= 0.6 is 11.6 Å². The number of phenols is 1. The Kier molecular flexibility index (Phi) is 3.74. The van der Waals surface area contributed by atoms with Gasteiger partial charge in [-0.2, -0.15) is 0 Å². The summed E-state index contributed by atoms with van der Waals surface area (Å²) in [6.45, 7) is 0. The molecular weight excluding hydrogens is 254 g/mol. The molecule has 0 radical (unpaired) electrons. The van der Waals surface area contributed by atoms with Crippen LogP contribution in [0.2, 0.25) is 5.15 Å². The van der Waals surface area contributed by atoms with E-state index in [1.807, 2.05) is 0 Å². The van der Waals surface area contributed by atoms with Crippen LogP contribution in [0.4, 0.5) is 5.82 Å². The van der Waals surface area contributed by atoms with Gasteiger partial charge < -0.3 is 10.4 Å². The second kappa shape index (κ2) is 5.46. The Morgan fingerprint density at radius 2 is 2.00 bits per heavy atom. The standard InChI is InChI=1S/C12H10ClN3O2/c13-10-5-6-11(16-15-10)14-12(18)7-8-3-1-2-4-9(8)17/h1-6,17H,7H2,(H,14,16,18). The molecule has 5 nitrogen and oxygen atoms in total. The molecule has 0 atom stereocenters. The monoisotopic (exact) mass is 263 g/mol. The topological polar surface area (TPSA) is 75.1 Å². The average molecular weight is 264 g/mol. The van der Waals surface area contributed by atoms with E-state index < -0.39 is 0 Å². The lowest BCUT2D eigenvalue weighted by Gasteiger charge is -2.05. The first-order valence-corrected chi connectivity index (χ1v) is 5.59. The number of aromatic hydroxyl groups is 1. The number of halogens is 1. The van der Waals surface area contributed by atoms with Crippen LogP contribution in [0.3, 0.4) is 0 Å². The van der Waals surface area contributed by atoms with Gasteiger partial charge >= 0.3 is 0 Å². The quantitative estimate of drug-likeness (QED) is 0.888. The number of para-hydroxylation sites is 1. The van der Waals surface area contributed by atoms with Gasteiger partial charge in [-0.3, -0.25) is 4.79 Å². The summed E-state index contributed by atoms with van der Waals surface area (Å²) in [4.78, 5) is 11.7. The van der Waals surface area contributed by atoms with Crippen molar-refractivity contribution in [2.45, 2.75) is 6.42 Å². The molecule has 6 heteroatoms. The Morgan fingerprint density at radius 3 is 2.67 bits per heavy atom. The third-order valence-corrected chi connectivity index (χ3v) is 2.44. The Bertz CT molecular complexity index is 558. The Morgan fingerprint density at radius 1 is 1.22 bits per heavy atom. The lowest BCUT2D eigenvalue weighted by molar-refractivity contribution is -0.115. The molecule has 0 fully saturated rings. The van der Waals surface area contributed by atoms with E-state index in [1.165, 1.54) is 12.1 Å². The van der Waals surface area contributed by atoms with Crippen LogP contribution in [0.25, 0.3) is 0 Å². The third kappa shape index (κ3) is 3.18. The minimum atomic E-state index is -0.284. The number of carbonyl (C=O) groups is 1. The fourth-order valence-electron chi connectivity index (χ4n) is 1.40. The Hall–Kier alpha value is -2.14. The van der Waals surface area contributed by atoms with Gasteiger partial charge in [0.25, 0.3) is 0 Å². The van der Waals surface area contributed by atoms with E-state index in [4.69, 9.17) is 11.6 Å². The highest BCUT2D eigenvalue weighted by Crippen LogP contribution is 2.16. The molecule has 0 saturated heterocycles. The fraction of sp³-hybridized carbons (Fsp3) is 0.0833. The molecular formula is C12H10ClN3O2. The highest BCUT2D eigenvalue weighted by atomic mass is 35.5. The summed E-state index contributed by atoms with van der Waals surface area (Å²) in [7, 11) is 0. The largest absolute Gasteiger partial charge is 0.508 e. The highest BCUT2D eigenvalue weighted by Gasteiger charge is 2.08. The average Bonchev–Trinajstić information content (AvgIpc) is 2.35. The molecule has 2 rings (SSSR count). The van der Waals surface area contributed by atoms with E-state index in [9.17, 15) is 9.90 Å². The minimum absolute atomic E-state index is 0.0664. The maximum Gasteiger partial charge on any atom is 0.230 e. The van der Waals surface area contributed by atoms with Crippen LogP contribution < -0.4 is 5.32 Å². The number of nitrogens with one attached hydrogen (secondary N) is 1. The molecule has 0 bridgehead atoms. The van der Waals surface area contributed by atoms with Gasteiger partial charge in [0.15, 0.2) is 11.0 Å². The molecule has 0 aliphatic carbocycles. The van der Waals surface area contributed by atoms with Gasteiger partial charge in [-0.25, -0.2) is 0 Å². The molecule has 2 aromatic rings. The zero-order valence-electron chi connectivity index (χ0n) is 9.30. The molecule has 2 N–H and O–H groups in total. The van der Waals surface area contributed by atoms with E-state index in [0.29, 0.717) is 11.4 Å². The van der Waals surface area contributed by atoms with Gasteiger partial charge in [0.05, 0.1) is 6.42 Å².